The smallest absolute Gasteiger partial charge is 0.134 e. The molecule has 0 spiro atoms. The summed E-state index contributed by atoms with van der Waals surface area (Å²) in [6.07, 6.45) is 3.49. The lowest BCUT2D eigenvalue weighted by Gasteiger charge is -2.15. The number of aliphatic hydroxyl groups excluding tert-OH is 1. The zero-order valence-electron chi connectivity index (χ0n) is 9.71. The van der Waals surface area contributed by atoms with Gasteiger partial charge in [-0.15, -0.1) is 0 Å². The van der Waals surface area contributed by atoms with Crippen LogP contribution in [0.2, 0.25) is 5.15 Å². The van der Waals surface area contributed by atoms with E-state index in [2.05, 4.69) is 4.98 Å². The Hall–Kier alpha value is -1.30. The third kappa shape index (κ3) is 1.84. The third-order valence-electron chi connectivity index (χ3n) is 3.31. The molecule has 6 heteroatoms. The van der Waals surface area contributed by atoms with E-state index in [1.807, 2.05) is 16.8 Å². The average molecular weight is 268 g/mol. The summed E-state index contributed by atoms with van der Waals surface area (Å²) < 4.78 is 7.75. The molecule has 0 amide bonds. The van der Waals surface area contributed by atoms with Crippen molar-refractivity contribution < 1.29 is 9.84 Å². The second kappa shape index (κ2) is 4.42. The number of ether oxygens (including phenoxy) is 1. The van der Waals surface area contributed by atoms with E-state index in [0.29, 0.717) is 11.0 Å². The molecule has 1 saturated heterocycles. The van der Waals surface area contributed by atoms with Gasteiger partial charge in [0.1, 0.15) is 17.2 Å². The minimum absolute atomic E-state index is 0.0557. The molecule has 2 unspecified atom stereocenters. The maximum Gasteiger partial charge on any atom is 0.134 e. The number of nitrogen functional groups attached to an aromatic ring is 1. The molecule has 2 aromatic rings. The first-order valence-corrected chi connectivity index (χ1v) is 6.25. The highest BCUT2D eigenvalue weighted by Crippen LogP contribution is 2.33. The highest BCUT2D eigenvalue weighted by Gasteiger charge is 2.26. The van der Waals surface area contributed by atoms with Crippen LogP contribution in [0, 0.1) is 0 Å². The maximum atomic E-state index is 9.10. The monoisotopic (exact) mass is 267 g/mol. The Bertz CT molecular complexity index is 584. The average Bonchev–Trinajstić information content (AvgIpc) is 2.93. The van der Waals surface area contributed by atoms with Crippen molar-refractivity contribution in [3.8, 4) is 0 Å². The van der Waals surface area contributed by atoms with E-state index in [4.69, 9.17) is 27.2 Å². The number of fused-ring (bicyclic) bond motifs is 1. The van der Waals surface area contributed by atoms with Crippen LogP contribution < -0.4 is 5.73 Å². The number of hydrogen-bond acceptors (Lipinski definition) is 4. The molecular weight excluding hydrogens is 254 g/mol. The minimum Gasteiger partial charge on any atom is -0.394 e. The Morgan fingerprint density at radius 3 is 3.11 bits per heavy atom. The Labute approximate surface area is 109 Å². The molecule has 0 aliphatic carbocycles. The van der Waals surface area contributed by atoms with Crippen LogP contribution in [0.4, 0.5) is 5.82 Å². The molecule has 0 bridgehead atoms. The summed E-state index contributed by atoms with van der Waals surface area (Å²) >= 11 is 5.93. The minimum atomic E-state index is -0.0814. The Morgan fingerprint density at radius 2 is 2.39 bits per heavy atom. The normalized spacial score (nSPS) is 23.9. The van der Waals surface area contributed by atoms with Gasteiger partial charge in [-0.1, -0.05) is 11.6 Å². The van der Waals surface area contributed by atoms with Gasteiger partial charge in [0.15, 0.2) is 0 Å². The van der Waals surface area contributed by atoms with Crippen molar-refractivity contribution in [2.24, 2.45) is 0 Å². The van der Waals surface area contributed by atoms with Gasteiger partial charge in [-0.25, -0.2) is 4.98 Å². The topological polar surface area (TPSA) is 73.3 Å². The number of aromatic nitrogens is 2. The van der Waals surface area contributed by atoms with Crippen molar-refractivity contribution in [2.75, 3.05) is 12.3 Å². The van der Waals surface area contributed by atoms with Gasteiger partial charge in [0.2, 0.25) is 0 Å². The molecule has 1 aliphatic rings. The molecule has 0 aromatic carbocycles. The van der Waals surface area contributed by atoms with Crippen molar-refractivity contribution in [3.63, 3.8) is 0 Å². The zero-order valence-corrected chi connectivity index (χ0v) is 10.5. The number of aliphatic hydroxyl groups is 1. The molecule has 1 fully saturated rings. The van der Waals surface area contributed by atoms with Gasteiger partial charge in [0, 0.05) is 17.6 Å². The molecule has 5 nitrogen and oxygen atoms in total. The van der Waals surface area contributed by atoms with Gasteiger partial charge in [-0.3, -0.25) is 0 Å². The Morgan fingerprint density at radius 1 is 1.56 bits per heavy atom. The highest BCUT2D eigenvalue weighted by atomic mass is 35.5. The number of rotatable bonds is 2. The highest BCUT2D eigenvalue weighted by molar-refractivity contribution is 6.30. The van der Waals surface area contributed by atoms with Gasteiger partial charge in [-0.05, 0) is 18.9 Å². The Kier molecular flexibility index (Phi) is 2.89. The molecular formula is C12H14ClN3O2. The van der Waals surface area contributed by atoms with E-state index in [-0.39, 0.29) is 18.9 Å². The molecule has 18 heavy (non-hydrogen) atoms. The van der Waals surface area contributed by atoms with Crippen molar-refractivity contribution in [2.45, 2.75) is 25.2 Å². The molecule has 3 rings (SSSR count). The third-order valence-corrected chi connectivity index (χ3v) is 3.51. The fourth-order valence-electron chi connectivity index (χ4n) is 2.43. The van der Waals surface area contributed by atoms with Crippen LogP contribution in [0.5, 0.6) is 0 Å². The number of nitrogens with two attached hydrogens (primary N) is 1. The zero-order chi connectivity index (χ0) is 12.7. The first kappa shape index (κ1) is 11.8. The molecule has 2 aromatic heterocycles. The standard InChI is InChI=1S/C12H14ClN3O2/c13-10-5-9-8(12(14)15-10)3-4-16(9)11-2-1-7(6-17)18-11/h3-5,7,11,17H,1-2,6H2,(H2,14,15). The van der Waals surface area contributed by atoms with Crippen LogP contribution in [0.25, 0.3) is 10.9 Å². The number of nitrogens with zero attached hydrogens (tertiary/aromatic N) is 2. The van der Waals surface area contributed by atoms with E-state index >= 15 is 0 Å². The van der Waals surface area contributed by atoms with Crippen LogP contribution in [0.15, 0.2) is 18.3 Å². The predicted molar refractivity (Wildman–Crippen MR) is 69.4 cm³/mol. The van der Waals surface area contributed by atoms with Gasteiger partial charge in [0.25, 0.3) is 0 Å². The molecule has 96 valence electrons. The van der Waals surface area contributed by atoms with E-state index in [1.165, 1.54) is 0 Å². The van der Waals surface area contributed by atoms with Crippen molar-refractivity contribution in [1.29, 1.82) is 0 Å². The van der Waals surface area contributed by atoms with Crippen molar-refractivity contribution in [1.82, 2.24) is 9.55 Å². The molecule has 3 N–H and O–H groups in total. The van der Waals surface area contributed by atoms with Crippen LogP contribution in [0.1, 0.15) is 19.1 Å². The van der Waals surface area contributed by atoms with Crippen LogP contribution in [0.3, 0.4) is 0 Å². The fraction of sp³-hybridized carbons (Fsp3) is 0.417. The summed E-state index contributed by atoms with van der Waals surface area (Å²) in [6, 6.07) is 3.69. The quantitative estimate of drug-likeness (QED) is 0.816. The molecule has 0 saturated carbocycles. The summed E-state index contributed by atoms with van der Waals surface area (Å²) in [5.41, 5.74) is 6.75. The lowest BCUT2D eigenvalue weighted by molar-refractivity contribution is -0.0202. The summed E-state index contributed by atoms with van der Waals surface area (Å²) in [7, 11) is 0. The molecule has 0 radical (unpaired) electrons. The largest absolute Gasteiger partial charge is 0.394 e. The van der Waals surface area contributed by atoms with E-state index in [9.17, 15) is 0 Å². The second-order valence-corrected chi connectivity index (χ2v) is 4.85. The first-order valence-electron chi connectivity index (χ1n) is 5.88. The number of hydrogen-bond donors (Lipinski definition) is 2. The fourth-order valence-corrected chi connectivity index (χ4v) is 2.62. The summed E-state index contributed by atoms with van der Waals surface area (Å²) in [5, 5.41) is 10.3. The van der Waals surface area contributed by atoms with Crippen molar-refractivity contribution in [3.05, 3.63) is 23.5 Å². The van der Waals surface area contributed by atoms with E-state index in [0.717, 1.165) is 23.7 Å². The van der Waals surface area contributed by atoms with Crippen LogP contribution >= 0.6 is 11.6 Å². The molecule has 2 atom stereocenters. The van der Waals surface area contributed by atoms with Gasteiger partial charge < -0.3 is 20.1 Å². The van der Waals surface area contributed by atoms with Crippen molar-refractivity contribution >= 4 is 28.3 Å². The van der Waals surface area contributed by atoms with Gasteiger partial charge in [0.05, 0.1) is 18.2 Å². The lowest BCUT2D eigenvalue weighted by Crippen LogP contribution is -2.13. The SMILES string of the molecule is Nc1nc(Cl)cc2c1ccn2C1CCC(CO)O1. The van der Waals surface area contributed by atoms with Crippen LogP contribution in [-0.2, 0) is 4.74 Å². The van der Waals surface area contributed by atoms with E-state index < -0.39 is 0 Å². The number of halogens is 1. The second-order valence-electron chi connectivity index (χ2n) is 4.46. The lowest BCUT2D eigenvalue weighted by atomic mass is 10.2. The summed E-state index contributed by atoms with van der Waals surface area (Å²) in [4.78, 5) is 4.02. The van der Waals surface area contributed by atoms with Gasteiger partial charge >= 0.3 is 0 Å². The van der Waals surface area contributed by atoms with E-state index in [1.54, 1.807) is 6.07 Å². The first-order chi connectivity index (χ1) is 8.69. The predicted octanol–water partition coefficient (Wildman–Crippen LogP) is 1.94. The molecule has 3 heterocycles. The summed E-state index contributed by atoms with van der Waals surface area (Å²) in [6.45, 7) is 0.0557. The van der Waals surface area contributed by atoms with Gasteiger partial charge in [-0.2, -0.15) is 0 Å². The van der Waals surface area contributed by atoms with Crippen LogP contribution in [-0.4, -0.2) is 27.4 Å². The number of anilines is 1. The maximum absolute atomic E-state index is 9.10. The Balaban J connectivity index is 2.03. The molecule has 1 aliphatic heterocycles. The summed E-state index contributed by atoms with van der Waals surface area (Å²) in [5.74, 6) is 0.424. The number of pyridine rings is 1.